The molecule has 1 fully saturated rings. The van der Waals surface area contributed by atoms with Gasteiger partial charge in [-0.2, -0.15) is 0 Å². The van der Waals surface area contributed by atoms with Gasteiger partial charge in [0.25, 0.3) is 0 Å². The first-order chi connectivity index (χ1) is 28.8. The van der Waals surface area contributed by atoms with Crippen molar-refractivity contribution in [1.82, 2.24) is 4.98 Å². The van der Waals surface area contributed by atoms with Crippen molar-refractivity contribution >= 4 is 29.1 Å². The summed E-state index contributed by atoms with van der Waals surface area (Å²) in [6, 6.07) is 0. The first-order valence-corrected chi connectivity index (χ1v) is 23.3. The molecule has 1 saturated heterocycles. The van der Waals surface area contributed by atoms with Crippen LogP contribution in [0, 0.1) is 35.0 Å². The highest BCUT2D eigenvalue weighted by molar-refractivity contribution is 7.09. The molecule has 350 valence electrons. The number of aromatic nitrogens is 1. The summed E-state index contributed by atoms with van der Waals surface area (Å²) < 4.78 is 23.5. The van der Waals surface area contributed by atoms with E-state index in [1.54, 1.807) is 71.9 Å². The van der Waals surface area contributed by atoms with E-state index in [0.717, 1.165) is 16.3 Å². The van der Waals surface area contributed by atoms with Gasteiger partial charge in [0.05, 0.1) is 30.1 Å². The molecule has 15 unspecified atom stereocenters. The fraction of sp³-hybridized carbons (Fsp3) is 0.714. The zero-order valence-electron chi connectivity index (χ0n) is 39.7. The third-order valence-corrected chi connectivity index (χ3v) is 14.2. The van der Waals surface area contributed by atoms with Gasteiger partial charge in [-0.1, -0.05) is 83.6 Å². The van der Waals surface area contributed by atoms with Gasteiger partial charge in [0.15, 0.2) is 5.41 Å². The second-order valence-electron chi connectivity index (χ2n) is 19.0. The van der Waals surface area contributed by atoms with Gasteiger partial charge >= 0.3 is 11.9 Å². The highest BCUT2D eigenvalue weighted by Crippen LogP contribution is 2.46. The summed E-state index contributed by atoms with van der Waals surface area (Å²) in [5, 5.41) is 48.9. The minimum absolute atomic E-state index is 0.0323. The second-order valence-corrected chi connectivity index (χ2v) is 19.9. The molecule has 13 heteroatoms. The number of Topliss-reactive ketones (excluding diaryl/α,β-unsaturated/α-hetero) is 1. The van der Waals surface area contributed by atoms with Crippen molar-refractivity contribution in [3.8, 4) is 0 Å². The molecule has 1 aromatic rings. The predicted octanol–water partition coefficient (Wildman–Crippen LogP) is 7.76. The number of aliphatic hydroxyl groups excluding tert-OH is 3. The molecule has 2 aliphatic heterocycles. The molecule has 0 radical (unpaired) electrons. The van der Waals surface area contributed by atoms with Crippen LogP contribution in [-0.2, 0) is 45.4 Å². The normalized spacial score (nSPS) is 38.6. The van der Waals surface area contributed by atoms with Crippen LogP contribution in [0.4, 0.5) is 0 Å². The summed E-state index contributed by atoms with van der Waals surface area (Å²) in [5.74, 6) is -4.15. The SMILES string of the molecule is CCC(C)OC(=O)C1(C)CCC(C)CC(O)C(C)C(=O)C(C)/C=C\CC(C)C(O)C(O)C(OC)/C(C)=C/C=C/C(C)C(C(C)(O)/C=C(/C)Cc2csc(C3(C)OC3C)n2)OC1=O. The van der Waals surface area contributed by atoms with Gasteiger partial charge in [0.2, 0.25) is 0 Å². The largest absolute Gasteiger partial charge is 0.462 e. The average molecular weight is 888 g/mol. The first-order valence-electron chi connectivity index (χ1n) is 22.4. The van der Waals surface area contributed by atoms with Gasteiger partial charge in [-0.3, -0.25) is 14.4 Å². The Labute approximate surface area is 374 Å². The molecule has 0 amide bonds. The maximum absolute atomic E-state index is 14.6. The Morgan fingerprint density at radius 2 is 1.74 bits per heavy atom. The highest BCUT2D eigenvalue weighted by atomic mass is 32.1. The van der Waals surface area contributed by atoms with Crippen LogP contribution in [0.15, 0.2) is 53.0 Å². The van der Waals surface area contributed by atoms with E-state index in [0.29, 0.717) is 31.3 Å². The molecule has 3 rings (SSSR count). The minimum Gasteiger partial charge on any atom is -0.462 e. The van der Waals surface area contributed by atoms with Crippen LogP contribution in [0.2, 0.25) is 0 Å². The van der Waals surface area contributed by atoms with Crippen molar-refractivity contribution in [1.29, 1.82) is 0 Å². The smallest absolute Gasteiger partial charge is 0.323 e. The molecule has 0 saturated carbocycles. The maximum atomic E-state index is 14.6. The lowest BCUT2D eigenvalue weighted by Crippen LogP contribution is -2.49. The number of cyclic esters (lactones) is 1. The summed E-state index contributed by atoms with van der Waals surface area (Å²) in [6.45, 7) is 23.3. The van der Waals surface area contributed by atoms with E-state index in [1.165, 1.54) is 25.4 Å². The van der Waals surface area contributed by atoms with Crippen molar-refractivity contribution in [3.05, 3.63) is 63.7 Å². The van der Waals surface area contributed by atoms with E-state index in [2.05, 4.69) is 0 Å². The van der Waals surface area contributed by atoms with E-state index in [4.69, 9.17) is 23.9 Å². The summed E-state index contributed by atoms with van der Waals surface area (Å²) >= 11 is 1.53. The van der Waals surface area contributed by atoms with Gasteiger partial charge in [-0.15, -0.1) is 11.3 Å². The molecule has 1 aromatic heterocycles. The lowest BCUT2D eigenvalue weighted by molar-refractivity contribution is -0.186. The summed E-state index contributed by atoms with van der Waals surface area (Å²) in [7, 11) is 1.45. The summed E-state index contributed by atoms with van der Waals surface area (Å²) in [4.78, 5) is 46.8. The quantitative estimate of drug-likeness (QED) is 0.0819. The van der Waals surface area contributed by atoms with E-state index >= 15 is 0 Å². The lowest BCUT2D eigenvalue weighted by Gasteiger charge is -2.37. The Balaban J connectivity index is 2.10. The number of hydrogen-bond acceptors (Lipinski definition) is 13. The zero-order chi connectivity index (χ0) is 46.9. The molecule has 0 aliphatic carbocycles. The van der Waals surface area contributed by atoms with Crippen LogP contribution in [0.5, 0.6) is 0 Å². The van der Waals surface area contributed by atoms with Crippen LogP contribution in [0.3, 0.4) is 0 Å². The van der Waals surface area contributed by atoms with Gasteiger partial charge in [-0.25, -0.2) is 4.98 Å². The third-order valence-electron chi connectivity index (χ3n) is 13.1. The molecule has 0 spiro atoms. The molecule has 2 aliphatic rings. The van der Waals surface area contributed by atoms with E-state index in [9.17, 15) is 34.8 Å². The van der Waals surface area contributed by atoms with Crippen LogP contribution in [0.25, 0.3) is 0 Å². The molecule has 12 nitrogen and oxygen atoms in total. The lowest BCUT2D eigenvalue weighted by atomic mass is 9.80. The van der Waals surface area contributed by atoms with Crippen molar-refractivity contribution in [2.24, 2.45) is 35.0 Å². The number of thiazole rings is 1. The average Bonchev–Trinajstić information content (AvgIpc) is 3.56. The molecule has 0 bridgehead atoms. The number of carbonyl (C=O) groups excluding carboxylic acids is 3. The number of nitrogens with zero attached hydrogens (tertiary/aromatic N) is 1. The summed E-state index contributed by atoms with van der Waals surface area (Å²) in [5.41, 5.74) is -1.72. The molecular weight excluding hydrogens is 811 g/mol. The van der Waals surface area contributed by atoms with Gasteiger partial charge in [-0.05, 0) is 98.0 Å². The van der Waals surface area contributed by atoms with E-state index in [1.807, 2.05) is 53.0 Å². The molecule has 4 N–H and O–H groups in total. The topological polar surface area (TPSA) is 185 Å². The zero-order valence-corrected chi connectivity index (χ0v) is 40.5. The number of esters is 2. The molecule has 15 atom stereocenters. The van der Waals surface area contributed by atoms with Crippen molar-refractivity contribution in [3.63, 3.8) is 0 Å². The number of ketones is 1. The maximum Gasteiger partial charge on any atom is 0.323 e. The third kappa shape index (κ3) is 13.7. The van der Waals surface area contributed by atoms with Crippen LogP contribution in [0.1, 0.15) is 133 Å². The molecule has 0 aromatic carbocycles. The predicted molar refractivity (Wildman–Crippen MR) is 242 cm³/mol. The van der Waals surface area contributed by atoms with E-state index in [-0.39, 0.29) is 36.6 Å². The Bertz CT molecular complexity index is 1780. The summed E-state index contributed by atoms with van der Waals surface area (Å²) in [6.07, 6.45) is 6.57. The standard InChI is InChI=1S/C49H77NO11S/c1-15-34(8)59-45(55)47(11)23-22-28(2)25-38(51)35(9)39(52)30(4)18-16-19-31(5)40(53)41(54)42(58-14)32(6)20-17-21-33(7)43(60-46(47)56)48(12,57)26-29(3)24-37-27-62-44(50-37)49(13)36(10)61-49/h16-18,20-21,26-28,30-31,33-36,38,40-43,51,53-54,57H,15,19,22-25H2,1-14H3/b18-16-,21-17+,29-26-,32-20+. The van der Waals surface area contributed by atoms with Crippen molar-refractivity contribution in [2.75, 3.05) is 7.11 Å². The number of epoxide rings is 1. The minimum atomic E-state index is -1.78. The number of methoxy groups -OCH3 is 1. The fourth-order valence-corrected chi connectivity index (χ4v) is 9.07. The van der Waals surface area contributed by atoms with E-state index < -0.39 is 82.9 Å². The fourth-order valence-electron chi connectivity index (χ4n) is 8.07. The Kier molecular flexibility index (Phi) is 19.5. The second kappa shape index (κ2) is 22.7. The molecule has 3 heterocycles. The van der Waals surface area contributed by atoms with Crippen molar-refractivity contribution in [2.45, 2.75) is 182 Å². The number of aliphatic hydroxyl groups is 4. The molecular formula is C49H77NO11S. The van der Waals surface area contributed by atoms with Gasteiger partial charge in [0.1, 0.15) is 40.3 Å². The first kappa shape index (κ1) is 53.3. The van der Waals surface area contributed by atoms with Gasteiger partial charge < -0.3 is 39.4 Å². The van der Waals surface area contributed by atoms with Crippen LogP contribution in [-0.4, -0.2) is 98.6 Å². The van der Waals surface area contributed by atoms with Crippen LogP contribution < -0.4 is 0 Å². The molecule has 62 heavy (non-hydrogen) atoms. The monoisotopic (exact) mass is 888 g/mol. The Morgan fingerprint density at radius 1 is 1.10 bits per heavy atom. The Hall–Kier alpha value is -3.04. The number of rotatable bonds is 9. The highest BCUT2D eigenvalue weighted by Gasteiger charge is 2.53. The van der Waals surface area contributed by atoms with Crippen molar-refractivity contribution < 1.29 is 53.8 Å². The number of allylic oxidation sites excluding steroid dienone is 5. The number of hydrogen-bond donors (Lipinski definition) is 4. The van der Waals surface area contributed by atoms with Gasteiger partial charge in [0, 0.05) is 36.7 Å². The number of carbonyl (C=O) groups is 3. The Morgan fingerprint density at radius 3 is 2.34 bits per heavy atom. The van der Waals surface area contributed by atoms with Crippen LogP contribution >= 0.6 is 11.3 Å². The number of ether oxygens (including phenoxy) is 4.